The molecule has 4 rings (SSSR count). The molecular weight excluding hydrogens is 431 g/mol. The summed E-state index contributed by atoms with van der Waals surface area (Å²) in [4.78, 5) is 24.6. The van der Waals surface area contributed by atoms with Gasteiger partial charge < -0.3 is 5.32 Å². The van der Waals surface area contributed by atoms with Crippen LogP contribution in [0.4, 0.5) is 10.1 Å². The molecule has 0 aliphatic carbocycles. The quantitative estimate of drug-likeness (QED) is 0.597. The maximum atomic E-state index is 13.4. The maximum Gasteiger partial charge on any atom is 0.244 e. The summed E-state index contributed by atoms with van der Waals surface area (Å²) in [7, 11) is -4.06. The van der Waals surface area contributed by atoms with Crippen molar-refractivity contribution in [1.82, 2.24) is 4.31 Å². The van der Waals surface area contributed by atoms with Gasteiger partial charge in [0.25, 0.3) is 0 Å². The molecule has 1 aliphatic heterocycles. The number of halogens is 1. The maximum absolute atomic E-state index is 13.4. The van der Waals surface area contributed by atoms with Gasteiger partial charge >= 0.3 is 0 Å². The number of sulfonamides is 1. The van der Waals surface area contributed by atoms with Gasteiger partial charge in [-0.3, -0.25) is 9.59 Å². The van der Waals surface area contributed by atoms with E-state index in [0.29, 0.717) is 11.3 Å². The van der Waals surface area contributed by atoms with E-state index >= 15 is 0 Å². The summed E-state index contributed by atoms with van der Waals surface area (Å²) in [5.41, 5.74) is 2.67. The third-order valence-electron chi connectivity index (χ3n) is 5.49. The van der Waals surface area contributed by atoms with Crippen molar-refractivity contribution in [2.45, 2.75) is 30.8 Å². The Hall–Kier alpha value is -3.36. The number of carbonyl (C=O) groups excluding carboxylic acids is 2. The smallest absolute Gasteiger partial charge is 0.244 e. The molecule has 0 aromatic heterocycles. The van der Waals surface area contributed by atoms with E-state index in [1.54, 1.807) is 24.3 Å². The predicted molar refractivity (Wildman–Crippen MR) is 118 cm³/mol. The SMILES string of the molecule is CC(=O)c1ccc(NC(=O)C2Cc3ccccc3CN2S(=O)(=O)c2ccc(F)cc2)cc1. The molecule has 1 atom stereocenters. The number of Topliss-reactive ketones (excluding diaryl/α,β-unsaturated/α-hetero) is 1. The highest BCUT2D eigenvalue weighted by Crippen LogP contribution is 2.30. The Labute approximate surface area is 185 Å². The van der Waals surface area contributed by atoms with Crippen LogP contribution < -0.4 is 5.32 Å². The Morgan fingerprint density at radius 3 is 2.19 bits per heavy atom. The lowest BCUT2D eigenvalue weighted by Gasteiger charge is -2.35. The van der Waals surface area contributed by atoms with Crippen LogP contribution in [0.1, 0.15) is 28.4 Å². The first-order valence-corrected chi connectivity index (χ1v) is 11.5. The number of nitrogens with one attached hydrogen (secondary N) is 1. The van der Waals surface area contributed by atoms with Gasteiger partial charge in [0.2, 0.25) is 15.9 Å². The molecule has 3 aromatic rings. The molecule has 0 radical (unpaired) electrons. The van der Waals surface area contributed by atoms with E-state index in [0.717, 1.165) is 27.6 Å². The Morgan fingerprint density at radius 1 is 0.938 bits per heavy atom. The number of hydrogen-bond donors (Lipinski definition) is 1. The molecule has 1 aliphatic rings. The van der Waals surface area contributed by atoms with Gasteiger partial charge in [-0.1, -0.05) is 24.3 Å². The average Bonchev–Trinajstić information content (AvgIpc) is 2.78. The van der Waals surface area contributed by atoms with Crippen LogP contribution in [0.2, 0.25) is 0 Å². The van der Waals surface area contributed by atoms with Gasteiger partial charge in [-0.05, 0) is 73.0 Å². The van der Waals surface area contributed by atoms with Crippen LogP contribution in [0.5, 0.6) is 0 Å². The summed E-state index contributed by atoms with van der Waals surface area (Å²) >= 11 is 0. The molecule has 1 N–H and O–H groups in total. The fraction of sp³-hybridized carbons (Fsp3) is 0.167. The second-order valence-corrected chi connectivity index (χ2v) is 9.51. The van der Waals surface area contributed by atoms with Gasteiger partial charge in [0.15, 0.2) is 5.78 Å². The lowest BCUT2D eigenvalue weighted by atomic mass is 9.95. The minimum Gasteiger partial charge on any atom is -0.325 e. The molecule has 8 heteroatoms. The van der Waals surface area contributed by atoms with Crippen molar-refractivity contribution in [2.24, 2.45) is 0 Å². The van der Waals surface area contributed by atoms with E-state index < -0.39 is 27.8 Å². The van der Waals surface area contributed by atoms with Crippen LogP contribution in [-0.4, -0.2) is 30.5 Å². The highest BCUT2D eigenvalue weighted by Gasteiger charge is 2.39. The van der Waals surface area contributed by atoms with Crippen molar-refractivity contribution in [1.29, 1.82) is 0 Å². The first-order chi connectivity index (χ1) is 15.3. The number of rotatable bonds is 5. The van der Waals surface area contributed by atoms with Gasteiger partial charge in [0, 0.05) is 17.8 Å². The van der Waals surface area contributed by atoms with E-state index in [1.165, 1.54) is 19.1 Å². The molecule has 0 spiro atoms. The van der Waals surface area contributed by atoms with E-state index in [2.05, 4.69) is 5.32 Å². The van der Waals surface area contributed by atoms with Gasteiger partial charge in [0.05, 0.1) is 4.90 Å². The van der Waals surface area contributed by atoms with Crippen LogP contribution in [-0.2, 0) is 27.8 Å². The summed E-state index contributed by atoms with van der Waals surface area (Å²) in [6.45, 7) is 1.47. The number of carbonyl (C=O) groups is 2. The number of nitrogens with zero attached hydrogens (tertiary/aromatic N) is 1. The molecule has 0 saturated heterocycles. The van der Waals surface area contributed by atoms with E-state index in [4.69, 9.17) is 0 Å². The molecule has 1 amide bonds. The van der Waals surface area contributed by atoms with Crippen LogP contribution in [0.25, 0.3) is 0 Å². The largest absolute Gasteiger partial charge is 0.325 e. The number of anilines is 1. The normalized spacial score (nSPS) is 16.2. The number of hydrogen-bond acceptors (Lipinski definition) is 4. The van der Waals surface area contributed by atoms with Gasteiger partial charge in [-0.2, -0.15) is 4.31 Å². The van der Waals surface area contributed by atoms with Crippen LogP contribution >= 0.6 is 0 Å². The van der Waals surface area contributed by atoms with Gasteiger partial charge in [-0.25, -0.2) is 12.8 Å². The van der Waals surface area contributed by atoms with E-state index in [9.17, 15) is 22.4 Å². The lowest BCUT2D eigenvalue weighted by Crippen LogP contribution is -2.50. The zero-order valence-corrected chi connectivity index (χ0v) is 18.1. The minimum atomic E-state index is -4.06. The molecule has 3 aromatic carbocycles. The predicted octanol–water partition coefficient (Wildman–Crippen LogP) is 3.78. The van der Waals surface area contributed by atoms with Crippen molar-refractivity contribution in [3.05, 3.63) is 95.3 Å². The highest BCUT2D eigenvalue weighted by atomic mass is 32.2. The van der Waals surface area contributed by atoms with E-state index in [-0.39, 0.29) is 23.6 Å². The Morgan fingerprint density at radius 2 is 1.56 bits per heavy atom. The number of amides is 1. The van der Waals surface area contributed by atoms with Crippen LogP contribution in [0, 0.1) is 5.82 Å². The van der Waals surface area contributed by atoms with Crippen molar-refractivity contribution >= 4 is 27.4 Å². The van der Waals surface area contributed by atoms with Crippen molar-refractivity contribution in [2.75, 3.05) is 5.32 Å². The molecule has 0 bridgehead atoms. The molecule has 1 heterocycles. The molecule has 6 nitrogen and oxygen atoms in total. The van der Waals surface area contributed by atoms with Crippen LogP contribution in [0.15, 0.2) is 77.7 Å². The summed E-state index contributed by atoms with van der Waals surface area (Å²) in [6, 6.07) is 17.3. The molecule has 1 unspecified atom stereocenters. The Bertz CT molecular complexity index is 1270. The zero-order chi connectivity index (χ0) is 22.9. The standard InChI is InChI=1S/C24H21FN2O4S/c1-16(28)17-6-10-21(11-7-17)26-24(29)23-14-18-4-2-3-5-19(18)15-27(23)32(30,31)22-12-8-20(25)9-13-22/h2-13,23H,14-15H2,1H3,(H,26,29). The third kappa shape index (κ3) is 4.32. The van der Waals surface area contributed by atoms with E-state index in [1.807, 2.05) is 24.3 Å². The highest BCUT2D eigenvalue weighted by molar-refractivity contribution is 7.89. The fourth-order valence-corrected chi connectivity index (χ4v) is 5.30. The number of ketones is 1. The van der Waals surface area contributed by atoms with Crippen molar-refractivity contribution in [3.8, 4) is 0 Å². The van der Waals surface area contributed by atoms with Gasteiger partial charge in [-0.15, -0.1) is 0 Å². The minimum absolute atomic E-state index is 0.0250. The lowest BCUT2D eigenvalue weighted by molar-refractivity contribution is -0.120. The van der Waals surface area contributed by atoms with Crippen LogP contribution in [0.3, 0.4) is 0 Å². The molecule has 0 fully saturated rings. The first kappa shape index (κ1) is 21.9. The number of fused-ring (bicyclic) bond motifs is 1. The van der Waals surface area contributed by atoms with Crippen molar-refractivity contribution < 1.29 is 22.4 Å². The summed E-state index contributed by atoms with van der Waals surface area (Å²) in [6.07, 6.45) is 0.202. The molecule has 164 valence electrons. The molecule has 32 heavy (non-hydrogen) atoms. The second-order valence-electron chi connectivity index (χ2n) is 7.62. The Kier molecular flexibility index (Phi) is 5.90. The summed E-state index contributed by atoms with van der Waals surface area (Å²) < 4.78 is 41.3. The summed E-state index contributed by atoms with van der Waals surface area (Å²) in [5, 5.41) is 2.75. The average molecular weight is 453 g/mol. The van der Waals surface area contributed by atoms with Crippen molar-refractivity contribution in [3.63, 3.8) is 0 Å². The van der Waals surface area contributed by atoms with Gasteiger partial charge in [0.1, 0.15) is 11.9 Å². The molecular formula is C24H21FN2O4S. The third-order valence-corrected chi connectivity index (χ3v) is 7.36. The number of benzene rings is 3. The second kappa shape index (κ2) is 8.64. The Balaban J connectivity index is 1.67. The fourth-order valence-electron chi connectivity index (χ4n) is 3.73. The zero-order valence-electron chi connectivity index (χ0n) is 17.3. The summed E-state index contributed by atoms with van der Waals surface area (Å²) in [5.74, 6) is -1.12. The monoisotopic (exact) mass is 452 g/mol. The topological polar surface area (TPSA) is 83.6 Å². The first-order valence-electron chi connectivity index (χ1n) is 10.0. The molecule has 0 saturated carbocycles.